The van der Waals surface area contributed by atoms with Gasteiger partial charge in [0.2, 0.25) is 0 Å². The van der Waals surface area contributed by atoms with E-state index in [1.54, 1.807) is 7.11 Å². The number of aliphatic carboxylic acids is 1. The van der Waals surface area contributed by atoms with Gasteiger partial charge in [0, 0.05) is 20.1 Å². The molecule has 0 spiro atoms. The minimum Gasteiger partial charge on any atom is -0.481 e. The molecule has 0 amide bonds. The zero-order valence-electron chi connectivity index (χ0n) is 9.33. The van der Waals surface area contributed by atoms with Crippen LogP contribution in [0.3, 0.4) is 0 Å². The smallest absolute Gasteiger partial charge is 0.303 e. The van der Waals surface area contributed by atoms with Crippen LogP contribution in [0.4, 0.5) is 0 Å². The number of carboxylic acids is 1. The fourth-order valence-electron chi connectivity index (χ4n) is 1.03. The number of carboxylic acid groups (broad SMARTS) is 1. The maximum Gasteiger partial charge on any atom is 0.303 e. The Hall–Kier alpha value is -0.650. The SMILES string of the molecule is COCCOCCCNCCCC(=O)O. The number of ether oxygens (including phenoxy) is 2. The molecule has 0 aromatic carbocycles. The molecule has 5 heteroatoms. The highest BCUT2D eigenvalue weighted by molar-refractivity contribution is 5.66. The largest absolute Gasteiger partial charge is 0.481 e. The summed E-state index contributed by atoms with van der Waals surface area (Å²) in [5.74, 6) is -0.736. The summed E-state index contributed by atoms with van der Waals surface area (Å²) in [7, 11) is 1.65. The van der Waals surface area contributed by atoms with Crippen molar-refractivity contribution in [1.29, 1.82) is 0 Å². The molecule has 2 N–H and O–H groups in total. The van der Waals surface area contributed by atoms with Gasteiger partial charge >= 0.3 is 5.97 Å². The van der Waals surface area contributed by atoms with Crippen LogP contribution >= 0.6 is 0 Å². The molecule has 0 aromatic rings. The summed E-state index contributed by atoms with van der Waals surface area (Å²) in [5, 5.41) is 11.5. The standard InChI is InChI=1S/C10H21NO4/c1-14-8-9-15-7-3-6-11-5-2-4-10(12)13/h11H,2-9H2,1H3,(H,12,13). The highest BCUT2D eigenvalue weighted by Gasteiger charge is 1.95. The second-order valence-electron chi connectivity index (χ2n) is 3.21. The lowest BCUT2D eigenvalue weighted by Gasteiger charge is -2.04. The molecule has 0 aromatic heterocycles. The van der Waals surface area contributed by atoms with E-state index >= 15 is 0 Å². The zero-order valence-corrected chi connectivity index (χ0v) is 9.33. The van der Waals surface area contributed by atoms with Crippen LogP contribution in [-0.4, -0.2) is 51.1 Å². The number of hydrogen-bond acceptors (Lipinski definition) is 4. The number of carbonyl (C=O) groups is 1. The Balaban J connectivity index is 2.89. The quantitative estimate of drug-likeness (QED) is 0.495. The van der Waals surface area contributed by atoms with Gasteiger partial charge in [0.25, 0.3) is 0 Å². The molecule has 0 bridgehead atoms. The van der Waals surface area contributed by atoms with Crippen molar-refractivity contribution in [3.63, 3.8) is 0 Å². The van der Waals surface area contributed by atoms with Crippen molar-refractivity contribution in [2.24, 2.45) is 0 Å². The van der Waals surface area contributed by atoms with Crippen LogP contribution in [-0.2, 0) is 14.3 Å². The number of nitrogens with one attached hydrogen (secondary N) is 1. The molecule has 15 heavy (non-hydrogen) atoms. The average Bonchev–Trinajstić information content (AvgIpc) is 2.20. The zero-order chi connectivity index (χ0) is 11.4. The maximum absolute atomic E-state index is 10.2. The summed E-state index contributed by atoms with van der Waals surface area (Å²) in [6.45, 7) is 3.60. The molecule has 0 saturated heterocycles. The Bertz CT molecular complexity index is 152. The van der Waals surface area contributed by atoms with Crippen molar-refractivity contribution >= 4 is 5.97 Å². The van der Waals surface area contributed by atoms with Crippen molar-refractivity contribution in [2.75, 3.05) is 40.0 Å². The molecule has 0 aliphatic heterocycles. The van der Waals surface area contributed by atoms with Crippen LogP contribution in [0, 0.1) is 0 Å². The summed E-state index contributed by atoms with van der Waals surface area (Å²) in [4.78, 5) is 10.2. The van der Waals surface area contributed by atoms with Crippen LogP contribution in [0.2, 0.25) is 0 Å². The number of hydrogen-bond donors (Lipinski definition) is 2. The van der Waals surface area contributed by atoms with Crippen molar-refractivity contribution in [3.05, 3.63) is 0 Å². The Morgan fingerprint density at radius 1 is 1.20 bits per heavy atom. The third-order valence-corrected chi connectivity index (χ3v) is 1.82. The third kappa shape index (κ3) is 13.3. The molecule has 0 radical (unpaired) electrons. The first kappa shape index (κ1) is 14.3. The minimum absolute atomic E-state index is 0.233. The molecule has 0 atom stereocenters. The molecule has 0 fully saturated rings. The normalized spacial score (nSPS) is 10.5. The van der Waals surface area contributed by atoms with Gasteiger partial charge in [-0.25, -0.2) is 0 Å². The molecule has 0 heterocycles. The van der Waals surface area contributed by atoms with E-state index in [-0.39, 0.29) is 6.42 Å². The van der Waals surface area contributed by atoms with Gasteiger partial charge in [0.1, 0.15) is 0 Å². The summed E-state index contributed by atoms with van der Waals surface area (Å²) in [5.41, 5.74) is 0. The second-order valence-corrected chi connectivity index (χ2v) is 3.21. The van der Waals surface area contributed by atoms with Gasteiger partial charge in [0.15, 0.2) is 0 Å². The van der Waals surface area contributed by atoms with Crippen LogP contribution in [0.25, 0.3) is 0 Å². The average molecular weight is 219 g/mol. The van der Waals surface area contributed by atoms with Crippen molar-refractivity contribution < 1.29 is 19.4 Å². The van der Waals surface area contributed by atoms with Crippen LogP contribution < -0.4 is 5.32 Å². The van der Waals surface area contributed by atoms with Crippen LogP contribution in [0.1, 0.15) is 19.3 Å². The van der Waals surface area contributed by atoms with Gasteiger partial charge in [0.05, 0.1) is 13.2 Å². The first-order chi connectivity index (χ1) is 7.27. The van der Waals surface area contributed by atoms with Crippen LogP contribution in [0.15, 0.2) is 0 Å². The van der Waals surface area contributed by atoms with E-state index < -0.39 is 5.97 Å². The minimum atomic E-state index is -0.736. The highest BCUT2D eigenvalue weighted by Crippen LogP contribution is 1.87. The summed E-state index contributed by atoms with van der Waals surface area (Å²) < 4.78 is 10.1. The van der Waals surface area contributed by atoms with Gasteiger partial charge in [-0.1, -0.05) is 0 Å². The molecule has 0 rings (SSSR count). The molecular formula is C10H21NO4. The molecule has 0 unspecified atom stereocenters. The van der Waals surface area contributed by atoms with Crippen LogP contribution in [0.5, 0.6) is 0 Å². The van der Waals surface area contributed by atoms with E-state index in [2.05, 4.69) is 5.32 Å². The van der Waals surface area contributed by atoms with E-state index in [1.165, 1.54) is 0 Å². The van der Waals surface area contributed by atoms with E-state index in [4.69, 9.17) is 14.6 Å². The van der Waals surface area contributed by atoms with Gasteiger partial charge in [-0.2, -0.15) is 0 Å². The Kier molecular flexibility index (Phi) is 10.9. The Labute approximate surface area is 90.8 Å². The fourth-order valence-corrected chi connectivity index (χ4v) is 1.03. The van der Waals surface area contributed by atoms with E-state index in [0.717, 1.165) is 26.1 Å². The highest BCUT2D eigenvalue weighted by atomic mass is 16.5. The van der Waals surface area contributed by atoms with Crippen molar-refractivity contribution in [2.45, 2.75) is 19.3 Å². The van der Waals surface area contributed by atoms with E-state index in [9.17, 15) is 4.79 Å². The van der Waals surface area contributed by atoms with E-state index in [1.807, 2.05) is 0 Å². The van der Waals surface area contributed by atoms with Crippen molar-refractivity contribution in [3.8, 4) is 0 Å². The first-order valence-electron chi connectivity index (χ1n) is 5.26. The monoisotopic (exact) mass is 219 g/mol. The summed E-state index contributed by atoms with van der Waals surface area (Å²) in [6, 6.07) is 0. The number of rotatable bonds is 11. The molecule has 0 aliphatic rings. The van der Waals surface area contributed by atoms with Gasteiger partial charge in [-0.3, -0.25) is 4.79 Å². The molecule has 5 nitrogen and oxygen atoms in total. The summed E-state index contributed by atoms with van der Waals surface area (Å²) in [6.07, 6.45) is 1.86. The third-order valence-electron chi connectivity index (χ3n) is 1.82. The Morgan fingerprint density at radius 2 is 1.93 bits per heavy atom. The van der Waals surface area contributed by atoms with Crippen molar-refractivity contribution in [1.82, 2.24) is 5.32 Å². The first-order valence-corrected chi connectivity index (χ1v) is 5.26. The van der Waals surface area contributed by atoms with Gasteiger partial charge in [-0.15, -0.1) is 0 Å². The lowest BCUT2D eigenvalue weighted by molar-refractivity contribution is -0.137. The maximum atomic E-state index is 10.2. The van der Waals surface area contributed by atoms with Gasteiger partial charge in [-0.05, 0) is 25.9 Å². The second kappa shape index (κ2) is 11.4. The fraction of sp³-hybridized carbons (Fsp3) is 0.900. The molecule has 0 saturated carbocycles. The predicted molar refractivity (Wildman–Crippen MR) is 57.1 cm³/mol. The predicted octanol–water partition coefficient (Wildman–Crippen LogP) is 0.494. The lowest BCUT2D eigenvalue weighted by atomic mass is 10.3. The number of methoxy groups -OCH3 is 1. The Morgan fingerprint density at radius 3 is 2.60 bits per heavy atom. The molecule has 90 valence electrons. The van der Waals surface area contributed by atoms with E-state index in [0.29, 0.717) is 19.6 Å². The molecule has 0 aliphatic carbocycles. The topological polar surface area (TPSA) is 67.8 Å². The summed E-state index contributed by atoms with van der Waals surface area (Å²) >= 11 is 0. The lowest BCUT2D eigenvalue weighted by Crippen LogP contribution is -2.19. The molecular weight excluding hydrogens is 198 g/mol. The van der Waals surface area contributed by atoms with Gasteiger partial charge < -0.3 is 19.9 Å².